The van der Waals surface area contributed by atoms with Crippen molar-refractivity contribution in [3.63, 3.8) is 0 Å². The van der Waals surface area contributed by atoms with Gasteiger partial charge in [0.1, 0.15) is 0 Å². The van der Waals surface area contributed by atoms with Crippen molar-refractivity contribution in [2.45, 2.75) is 39.7 Å². The maximum absolute atomic E-state index is 5.85. The number of nitrogens with zero attached hydrogens (tertiary/aromatic N) is 2. The van der Waals surface area contributed by atoms with Gasteiger partial charge in [0.2, 0.25) is 0 Å². The van der Waals surface area contributed by atoms with Crippen LogP contribution in [-0.2, 0) is 11.2 Å². The highest BCUT2D eigenvalue weighted by Gasteiger charge is 2.12. The zero-order valence-corrected chi connectivity index (χ0v) is 16.1. The van der Waals surface area contributed by atoms with Crippen LogP contribution in [0.1, 0.15) is 32.9 Å². The molecule has 0 saturated heterocycles. The first-order valence-corrected chi connectivity index (χ1v) is 7.68. The van der Waals surface area contributed by atoms with Crippen LogP contribution in [0.3, 0.4) is 0 Å². The van der Waals surface area contributed by atoms with E-state index in [2.05, 4.69) is 29.1 Å². The van der Waals surface area contributed by atoms with E-state index in [0.29, 0.717) is 18.4 Å². The second kappa shape index (κ2) is 12.6. The van der Waals surface area contributed by atoms with Gasteiger partial charge in [-0.2, -0.15) is 0 Å². The van der Waals surface area contributed by atoms with Gasteiger partial charge in [-0.05, 0) is 31.4 Å². The topological polar surface area (TPSA) is 72.5 Å². The minimum atomic E-state index is 0. The predicted octanol–water partition coefficient (Wildman–Crippen LogP) is 2.60. The Bertz CT molecular complexity index is 412. The van der Waals surface area contributed by atoms with Crippen molar-refractivity contribution < 1.29 is 4.74 Å². The average molecular weight is 420 g/mol. The minimum absolute atomic E-state index is 0. The molecule has 0 spiro atoms. The molecule has 126 valence electrons. The maximum Gasteiger partial charge on any atom is 0.188 e. The summed E-state index contributed by atoms with van der Waals surface area (Å²) in [6.07, 6.45) is 3.78. The number of aromatic nitrogens is 1. The van der Waals surface area contributed by atoms with Gasteiger partial charge in [0.05, 0.1) is 6.10 Å². The van der Waals surface area contributed by atoms with Crippen LogP contribution in [0, 0.1) is 5.92 Å². The minimum Gasteiger partial charge on any atom is -0.378 e. The van der Waals surface area contributed by atoms with Gasteiger partial charge in [0, 0.05) is 38.0 Å². The Hall–Kier alpha value is -0.890. The number of nitrogens with one attached hydrogen (secondary N) is 1. The maximum atomic E-state index is 5.85. The molecule has 0 saturated carbocycles. The number of rotatable bonds is 9. The molecule has 0 aromatic carbocycles. The Morgan fingerprint density at radius 3 is 2.77 bits per heavy atom. The highest BCUT2D eigenvalue weighted by molar-refractivity contribution is 14.0. The molecule has 1 atom stereocenters. The van der Waals surface area contributed by atoms with Crippen molar-refractivity contribution in [2.75, 3.05) is 19.7 Å². The summed E-state index contributed by atoms with van der Waals surface area (Å²) in [6.45, 7) is 8.52. The summed E-state index contributed by atoms with van der Waals surface area (Å²) >= 11 is 0. The van der Waals surface area contributed by atoms with Crippen molar-refractivity contribution in [1.29, 1.82) is 0 Å². The summed E-state index contributed by atoms with van der Waals surface area (Å²) in [7, 11) is 0. The molecule has 0 radical (unpaired) electrons. The standard InChI is InChI=1S/C16H28N4O.HI/c1-4-21-15(13(2)3)9-12-20-16(17)19-11-8-14-7-5-6-10-18-14;/h5-7,10,13,15H,4,8-9,11-12H2,1-3H3,(H3,17,19,20);1H. The molecule has 1 rings (SSSR count). The zero-order chi connectivity index (χ0) is 15.5. The van der Waals surface area contributed by atoms with Gasteiger partial charge >= 0.3 is 0 Å². The number of guanidine groups is 1. The van der Waals surface area contributed by atoms with Gasteiger partial charge < -0.3 is 15.8 Å². The third-order valence-corrected chi connectivity index (χ3v) is 3.23. The van der Waals surface area contributed by atoms with Crippen molar-refractivity contribution in [1.82, 2.24) is 10.3 Å². The van der Waals surface area contributed by atoms with Crippen LogP contribution in [0.25, 0.3) is 0 Å². The van der Waals surface area contributed by atoms with Crippen LogP contribution in [0.2, 0.25) is 0 Å². The third kappa shape index (κ3) is 9.19. The van der Waals surface area contributed by atoms with Crippen molar-refractivity contribution in [3.05, 3.63) is 30.1 Å². The average Bonchev–Trinajstić information content (AvgIpc) is 2.47. The molecule has 1 heterocycles. The molecule has 1 unspecified atom stereocenters. The van der Waals surface area contributed by atoms with Crippen molar-refractivity contribution >= 4 is 29.9 Å². The van der Waals surface area contributed by atoms with E-state index in [1.807, 2.05) is 25.1 Å². The zero-order valence-electron chi connectivity index (χ0n) is 13.8. The number of aliphatic imine (C=N–C) groups is 1. The van der Waals surface area contributed by atoms with Crippen LogP contribution in [-0.4, -0.2) is 36.7 Å². The molecule has 3 N–H and O–H groups in total. The molecule has 0 aliphatic carbocycles. The number of halogens is 1. The van der Waals surface area contributed by atoms with Crippen LogP contribution in [0.15, 0.2) is 29.4 Å². The van der Waals surface area contributed by atoms with Crippen molar-refractivity contribution in [2.24, 2.45) is 16.6 Å². The lowest BCUT2D eigenvalue weighted by Crippen LogP contribution is -2.33. The van der Waals surface area contributed by atoms with Gasteiger partial charge in [0.15, 0.2) is 5.96 Å². The molecule has 0 amide bonds. The molecule has 0 fully saturated rings. The number of pyridine rings is 1. The van der Waals surface area contributed by atoms with Gasteiger partial charge in [-0.25, -0.2) is 0 Å². The van der Waals surface area contributed by atoms with E-state index in [4.69, 9.17) is 10.5 Å². The Morgan fingerprint density at radius 1 is 1.41 bits per heavy atom. The molecule has 6 heteroatoms. The second-order valence-corrected chi connectivity index (χ2v) is 5.29. The molecular formula is C16H29IN4O. The Morgan fingerprint density at radius 2 is 2.18 bits per heavy atom. The summed E-state index contributed by atoms with van der Waals surface area (Å²) in [6, 6.07) is 5.90. The lowest BCUT2D eigenvalue weighted by molar-refractivity contribution is 0.0266. The summed E-state index contributed by atoms with van der Waals surface area (Å²) in [4.78, 5) is 8.61. The normalized spacial score (nSPS) is 12.8. The lowest BCUT2D eigenvalue weighted by Gasteiger charge is -2.19. The Kier molecular flexibility index (Phi) is 12.1. The summed E-state index contributed by atoms with van der Waals surface area (Å²) in [5.41, 5.74) is 6.90. The summed E-state index contributed by atoms with van der Waals surface area (Å²) < 4.78 is 5.69. The molecule has 5 nitrogen and oxygen atoms in total. The van der Waals surface area contributed by atoms with E-state index in [9.17, 15) is 0 Å². The first-order valence-electron chi connectivity index (χ1n) is 7.68. The first kappa shape index (κ1) is 21.1. The number of nitrogens with two attached hydrogens (primary N) is 1. The largest absolute Gasteiger partial charge is 0.378 e. The molecule has 22 heavy (non-hydrogen) atoms. The lowest BCUT2D eigenvalue weighted by atomic mass is 10.0. The number of hydrogen-bond acceptors (Lipinski definition) is 3. The van der Waals surface area contributed by atoms with Gasteiger partial charge in [-0.15, -0.1) is 24.0 Å². The molecule has 0 bridgehead atoms. The molecule has 0 aliphatic heterocycles. The molecule has 1 aromatic heterocycles. The Balaban J connectivity index is 0.00000441. The van der Waals surface area contributed by atoms with Gasteiger partial charge in [0.25, 0.3) is 0 Å². The first-order chi connectivity index (χ1) is 10.1. The highest BCUT2D eigenvalue weighted by Crippen LogP contribution is 2.10. The van der Waals surface area contributed by atoms with Gasteiger partial charge in [-0.3, -0.25) is 9.98 Å². The number of ether oxygens (including phenoxy) is 1. The fourth-order valence-corrected chi connectivity index (χ4v) is 2.06. The smallest absolute Gasteiger partial charge is 0.188 e. The van der Waals surface area contributed by atoms with Crippen LogP contribution in [0.4, 0.5) is 0 Å². The van der Waals surface area contributed by atoms with E-state index in [0.717, 1.165) is 31.7 Å². The predicted molar refractivity (Wildman–Crippen MR) is 103 cm³/mol. The van der Waals surface area contributed by atoms with E-state index in [1.165, 1.54) is 0 Å². The quantitative estimate of drug-likeness (QED) is 0.366. The number of hydrogen-bond donors (Lipinski definition) is 2. The second-order valence-electron chi connectivity index (χ2n) is 5.29. The summed E-state index contributed by atoms with van der Waals surface area (Å²) in [5, 5.41) is 3.11. The monoisotopic (exact) mass is 420 g/mol. The van der Waals surface area contributed by atoms with E-state index in [-0.39, 0.29) is 30.1 Å². The van der Waals surface area contributed by atoms with Crippen LogP contribution < -0.4 is 11.1 Å². The van der Waals surface area contributed by atoms with E-state index in [1.54, 1.807) is 6.20 Å². The van der Waals surface area contributed by atoms with Crippen LogP contribution in [0.5, 0.6) is 0 Å². The molecular weight excluding hydrogens is 391 g/mol. The molecule has 0 aliphatic rings. The van der Waals surface area contributed by atoms with E-state index < -0.39 is 0 Å². The fourth-order valence-electron chi connectivity index (χ4n) is 2.06. The highest BCUT2D eigenvalue weighted by atomic mass is 127. The third-order valence-electron chi connectivity index (χ3n) is 3.23. The Labute approximate surface area is 151 Å². The van der Waals surface area contributed by atoms with Crippen LogP contribution >= 0.6 is 24.0 Å². The van der Waals surface area contributed by atoms with E-state index >= 15 is 0 Å². The SMILES string of the molecule is CCOC(CCN=C(N)NCCc1ccccn1)C(C)C.I. The fraction of sp³-hybridized carbons (Fsp3) is 0.625. The molecule has 1 aromatic rings. The van der Waals surface area contributed by atoms with Gasteiger partial charge in [-0.1, -0.05) is 19.9 Å². The summed E-state index contributed by atoms with van der Waals surface area (Å²) in [5.74, 6) is 0.989. The van der Waals surface area contributed by atoms with Crippen molar-refractivity contribution in [3.8, 4) is 0 Å².